The molecule has 2 aromatic rings. The normalized spacial score (nSPS) is 19.8. The molecule has 2 atom stereocenters. The van der Waals surface area contributed by atoms with Crippen LogP contribution < -0.4 is 0 Å². The molecule has 0 saturated carbocycles. The highest BCUT2D eigenvalue weighted by atomic mass is 35.5. The Balaban J connectivity index is 1.67. The maximum atomic E-state index is 10.3. The van der Waals surface area contributed by atoms with Crippen LogP contribution in [0.2, 0.25) is 4.34 Å². The van der Waals surface area contributed by atoms with Gasteiger partial charge in [-0.2, -0.15) is 0 Å². The fourth-order valence-corrected chi connectivity index (χ4v) is 4.66. The van der Waals surface area contributed by atoms with Crippen molar-refractivity contribution < 1.29 is 5.11 Å². The number of thioether (sulfide) groups is 1. The van der Waals surface area contributed by atoms with E-state index in [1.165, 1.54) is 10.5 Å². The Morgan fingerprint density at radius 3 is 2.83 bits per heavy atom. The van der Waals surface area contributed by atoms with Gasteiger partial charge in [0.1, 0.15) is 0 Å². The van der Waals surface area contributed by atoms with Crippen LogP contribution in [-0.4, -0.2) is 16.5 Å². The Kier molecular flexibility index (Phi) is 3.66. The van der Waals surface area contributed by atoms with E-state index in [1.54, 1.807) is 23.1 Å². The third-order valence-corrected chi connectivity index (χ3v) is 5.83. The summed E-state index contributed by atoms with van der Waals surface area (Å²) in [6, 6.07) is 12.3. The molecule has 18 heavy (non-hydrogen) atoms. The number of rotatable bonds is 3. The lowest BCUT2D eigenvalue weighted by molar-refractivity contribution is 0.173. The Bertz CT molecular complexity index is 527. The first-order chi connectivity index (χ1) is 8.72. The van der Waals surface area contributed by atoms with Crippen molar-refractivity contribution in [3.8, 4) is 0 Å². The van der Waals surface area contributed by atoms with E-state index in [4.69, 9.17) is 11.6 Å². The third-order valence-electron chi connectivity index (χ3n) is 3.14. The molecule has 0 saturated heterocycles. The first-order valence-electron chi connectivity index (χ1n) is 5.89. The molecule has 4 heteroatoms. The number of halogens is 1. The second kappa shape index (κ2) is 5.25. The van der Waals surface area contributed by atoms with Gasteiger partial charge in [0.15, 0.2) is 0 Å². The van der Waals surface area contributed by atoms with E-state index < -0.39 is 0 Å². The van der Waals surface area contributed by atoms with Crippen molar-refractivity contribution in [2.75, 3.05) is 0 Å². The van der Waals surface area contributed by atoms with Crippen molar-refractivity contribution in [1.29, 1.82) is 0 Å². The van der Waals surface area contributed by atoms with Crippen LogP contribution in [0.5, 0.6) is 0 Å². The fraction of sp³-hybridized carbons (Fsp3) is 0.286. The van der Waals surface area contributed by atoms with E-state index >= 15 is 0 Å². The molecule has 1 aliphatic heterocycles. The molecule has 0 spiro atoms. The quantitative estimate of drug-likeness (QED) is 0.923. The van der Waals surface area contributed by atoms with Gasteiger partial charge in [-0.3, -0.25) is 0 Å². The van der Waals surface area contributed by atoms with Crippen molar-refractivity contribution in [2.24, 2.45) is 0 Å². The zero-order chi connectivity index (χ0) is 12.5. The Morgan fingerprint density at radius 2 is 2.11 bits per heavy atom. The summed E-state index contributed by atoms with van der Waals surface area (Å²) in [4.78, 5) is 2.47. The van der Waals surface area contributed by atoms with Crippen LogP contribution in [0.25, 0.3) is 0 Å². The molecule has 94 valence electrons. The first-order valence-corrected chi connectivity index (χ1v) is 7.96. The lowest BCUT2D eigenvalue weighted by atomic mass is 10.0. The molecule has 0 bridgehead atoms. The molecule has 1 aromatic heterocycles. The standard InChI is InChI=1S/C14H13ClOS2/c15-14-6-5-10(17-14)8-11(16)13-7-9-3-1-2-4-12(9)18-13/h1-6,11,13,16H,7-8H2. The summed E-state index contributed by atoms with van der Waals surface area (Å²) in [5.74, 6) is 0. The van der Waals surface area contributed by atoms with Crippen LogP contribution in [-0.2, 0) is 12.8 Å². The van der Waals surface area contributed by atoms with Gasteiger partial charge in [0.05, 0.1) is 10.4 Å². The lowest BCUT2D eigenvalue weighted by Gasteiger charge is -2.15. The number of aliphatic hydroxyl groups excluding tert-OH is 1. The van der Waals surface area contributed by atoms with Crippen LogP contribution >= 0.6 is 34.7 Å². The van der Waals surface area contributed by atoms with Gasteiger partial charge < -0.3 is 5.11 Å². The first kappa shape index (κ1) is 12.5. The largest absolute Gasteiger partial charge is 0.392 e. The van der Waals surface area contributed by atoms with Gasteiger partial charge in [0.2, 0.25) is 0 Å². The average molecular weight is 297 g/mol. The topological polar surface area (TPSA) is 20.2 Å². The minimum atomic E-state index is -0.308. The second-order valence-electron chi connectivity index (χ2n) is 4.45. The van der Waals surface area contributed by atoms with Gasteiger partial charge >= 0.3 is 0 Å². The van der Waals surface area contributed by atoms with Crippen molar-refractivity contribution in [3.05, 3.63) is 51.2 Å². The molecule has 1 aliphatic rings. The molecule has 1 nitrogen and oxygen atoms in total. The molecule has 3 rings (SSSR count). The highest BCUT2D eigenvalue weighted by Crippen LogP contribution is 2.39. The summed E-state index contributed by atoms with van der Waals surface area (Å²) < 4.78 is 0.791. The van der Waals surface area contributed by atoms with Crippen LogP contribution in [0.15, 0.2) is 41.3 Å². The van der Waals surface area contributed by atoms with Gasteiger partial charge in [0, 0.05) is 21.4 Å². The van der Waals surface area contributed by atoms with Gasteiger partial charge in [0.25, 0.3) is 0 Å². The minimum Gasteiger partial charge on any atom is -0.392 e. The van der Waals surface area contributed by atoms with E-state index in [2.05, 4.69) is 24.3 Å². The van der Waals surface area contributed by atoms with Gasteiger partial charge in [-0.15, -0.1) is 23.1 Å². The molecule has 0 aliphatic carbocycles. The van der Waals surface area contributed by atoms with Crippen molar-refractivity contribution in [2.45, 2.75) is 29.1 Å². The summed E-state index contributed by atoms with van der Waals surface area (Å²) in [6.07, 6.45) is 1.35. The van der Waals surface area contributed by atoms with E-state index in [9.17, 15) is 5.11 Å². The van der Waals surface area contributed by atoms with Gasteiger partial charge in [-0.1, -0.05) is 29.8 Å². The Hall–Kier alpha value is -0.480. The Labute approximate surface area is 120 Å². The molecule has 0 amide bonds. The summed E-state index contributed by atoms with van der Waals surface area (Å²) in [5, 5.41) is 10.6. The van der Waals surface area contributed by atoms with Crippen LogP contribution in [0.1, 0.15) is 10.4 Å². The molecule has 0 radical (unpaired) electrons. The van der Waals surface area contributed by atoms with Crippen LogP contribution in [0.3, 0.4) is 0 Å². The number of hydrogen-bond donors (Lipinski definition) is 1. The monoisotopic (exact) mass is 296 g/mol. The zero-order valence-electron chi connectivity index (χ0n) is 9.67. The van der Waals surface area contributed by atoms with Gasteiger partial charge in [-0.05, 0) is 30.2 Å². The minimum absolute atomic E-state index is 0.267. The number of thiophene rings is 1. The number of benzene rings is 1. The summed E-state index contributed by atoms with van der Waals surface area (Å²) in [5.41, 5.74) is 1.36. The highest BCUT2D eigenvalue weighted by Gasteiger charge is 2.28. The van der Waals surface area contributed by atoms with E-state index in [1.807, 2.05) is 12.1 Å². The number of aliphatic hydroxyl groups is 1. The smallest absolute Gasteiger partial charge is 0.0931 e. The van der Waals surface area contributed by atoms with Gasteiger partial charge in [-0.25, -0.2) is 0 Å². The molecule has 1 N–H and O–H groups in total. The predicted molar refractivity (Wildman–Crippen MR) is 78.8 cm³/mol. The highest BCUT2D eigenvalue weighted by molar-refractivity contribution is 8.00. The Morgan fingerprint density at radius 1 is 1.28 bits per heavy atom. The average Bonchev–Trinajstić information content (AvgIpc) is 2.95. The molecule has 2 unspecified atom stereocenters. The van der Waals surface area contributed by atoms with E-state index in [-0.39, 0.29) is 11.4 Å². The van der Waals surface area contributed by atoms with Crippen molar-refractivity contribution in [1.82, 2.24) is 0 Å². The zero-order valence-corrected chi connectivity index (χ0v) is 12.1. The number of fused-ring (bicyclic) bond motifs is 1. The fourth-order valence-electron chi connectivity index (χ4n) is 2.22. The SMILES string of the molecule is OC(Cc1ccc(Cl)s1)C1Cc2ccccc2S1. The van der Waals surface area contributed by atoms with E-state index in [0.29, 0.717) is 6.42 Å². The summed E-state index contributed by atoms with van der Waals surface area (Å²) in [6.45, 7) is 0. The molecule has 1 aromatic carbocycles. The molecule has 2 heterocycles. The summed E-state index contributed by atoms with van der Waals surface area (Å²) >= 11 is 9.26. The predicted octanol–water partition coefficient (Wildman–Crippen LogP) is 4.02. The number of hydrogen-bond acceptors (Lipinski definition) is 3. The van der Waals surface area contributed by atoms with Crippen LogP contribution in [0.4, 0.5) is 0 Å². The molecular formula is C14H13ClOS2. The maximum absolute atomic E-state index is 10.3. The lowest BCUT2D eigenvalue weighted by Crippen LogP contribution is -2.24. The van der Waals surface area contributed by atoms with Crippen LogP contribution in [0, 0.1) is 0 Å². The summed E-state index contributed by atoms with van der Waals surface area (Å²) in [7, 11) is 0. The van der Waals surface area contributed by atoms with Crippen molar-refractivity contribution in [3.63, 3.8) is 0 Å². The molecular weight excluding hydrogens is 284 g/mol. The maximum Gasteiger partial charge on any atom is 0.0931 e. The van der Waals surface area contributed by atoms with E-state index in [0.717, 1.165) is 15.6 Å². The third kappa shape index (κ3) is 2.59. The molecule has 0 fully saturated rings. The second-order valence-corrected chi connectivity index (χ2v) is 7.53. The van der Waals surface area contributed by atoms with Crippen molar-refractivity contribution >= 4 is 34.7 Å².